The number of hydrogen-bond donors (Lipinski definition) is 0. The normalized spacial score (nSPS) is 11.5. The molecular formula is C62H40N6. The highest BCUT2D eigenvalue weighted by Gasteiger charge is 2.24. The molecule has 0 spiro atoms. The third-order valence-corrected chi connectivity index (χ3v) is 13.0. The van der Waals surface area contributed by atoms with Crippen LogP contribution in [0.5, 0.6) is 0 Å². The van der Waals surface area contributed by atoms with Crippen LogP contribution in [0.15, 0.2) is 243 Å². The Labute approximate surface area is 392 Å². The van der Waals surface area contributed by atoms with Crippen LogP contribution in [0.1, 0.15) is 0 Å². The largest absolute Gasteiger partial charge is 0.307 e. The zero-order valence-electron chi connectivity index (χ0n) is 36.8. The van der Waals surface area contributed by atoms with Crippen molar-refractivity contribution in [2.75, 3.05) is 0 Å². The molecule has 0 aliphatic heterocycles. The zero-order chi connectivity index (χ0) is 45.0. The van der Waals surface area contributed by atoms with E-state index in [1.165, 1.54) is 10.9 Å². The van der Waals surface area contributed by atoms with E-state index in [-0.39, 0.29) is 0 Å². The maximum Gasteiger partial charge on any atom is 0.238 e. The first-order valence-corrected chi connectivity index (χ1v) is 22.9. The summed E-state index contributed by atoms with van der Waals surface area (Å²) >= 11 is 0. The van der Waals surface area contributed by atoms with Gasteiger partial charge in [0.1, 0.15) is 0 Å². The Morgan fingerprint density at radius 2 is 0.676 bits per heavy atom. The minimum atomic E-state index is 0.542. The summed E-state index contributed by atoms with van der Waals surface area (Å²) < 4.78 is 4.67. The lowest BCUT2D eigenvalue weighted by Crippen LogP contribution is -2.07. The molecule has 318 valence electrons. The third-order valence-electron chi connectivity index (χ3n) is 13.0. The summed E-state index contributed by atoms with van der Waals surface area (Å²) in [5.41, 5.74) is 15.5. The van der Waals surface area contributed by atoms with Gasteiger partial charge in [-0.25, -0.2) is 9.97 Å². The highest BCUT2D eigenvalue weighted by atomic mass is 15.2. The minimum absolute atomic E-state index is 0.542. The molecule has 0 saturated carbocycles. The molecule has 0 aliphatic rings. The van der Waals surface area contributed by atoms with Crippen molar-refractivity contribution >= 4 is 43.6 Å². The number of pyridine rings is 1. The average molecular weight is 869 g/mol. The highest BCUT2D eigenvalue weighted by Crippen LogP contribution is 2.42. The maximum absolute atomic E-state index is 5.42. The fourth-order valence-electron chi connectivity index (χ4n) is 9.76. The quantitative estimate of drug-likeness (QED) is 0.153. The van der Waals surface area contributed by atoms with E-state index in [2.05, 4.69) is 221 Å². The van der Waals surface area contributed by atoms with E-state index >= 15 is 0 Å². The van der Waals surface area contributed by atoms with Crippen molar-refractivity contribution in [2.45, 2.75) is 0 Å². The van der Waals surface area contributed by atoms with Crippen molar-refractivity contribution in [3.63, 3.8) is 0 Å². The second kappa shape index (κ2) is 16.3. The number of hydrogen-bond acceptors (Lipinski definition) is 4. The summed E-state index contributed by atoms with van der Waals surface area (Å²) in [5, 5.41) is 4.56. The summed E-state index contributed by atoms with van der Waals surface area (Å²) in [7, 11) is 0. The second-order valence-electron chi connectivity index (χ2n) is 17.1. The Hall–Kier alpha value is -9.26. The Bertz CT molecular complexity index is 3930. The van der Waals surface area contributed by atoms with E-state index in [0.717, 1.165) is 94.2 Å². The number of benzene rings is 9. The Kier molecular flexibility index (Phi) is 9.39. The zero-order valence-corrected chi connectivity index (χ0v) is 36.8. The molecule has 4 heterocycles. The van der Waals surface area contributed by atoms with Crippen LogP contribution in [0.2, 0.25) is 0 Å². The van der Waals surface area contributed by atoms with E-state index < -0.39 is 0 Å². The van der Waals surface area contributed by atoms with Gasteiger partial charge in [-0.2, -0.15) is 9.97 Å². The molecule has 13 aromatic rings. The van der Waals surface area contributed by atoms with Crippen LogP contribution in [-0.4, -0.2) is 29.1 Å². The predicted octanol–water partition coefficient (Wildman–Crippen LogP) is 15.5. The summed E-state index contributed by atoms with van der Waals surface area (Å²) in [6, 6.07) is 85.1. The highest BCUT2D eigenvalue weighted by molar-refractivity contribution is 6.23. The molecule has 0 saturated heterocycles. The van der Waals surface area contributed by atoms with Crippen molar-refractivity contribution in [1.82, 2.24) is 29.1 Å². The summed E-state index contributed by atoms with van der Waals surface area (Å²) in [6.07, 6.45) is 0. The van der Waals surface area contributed by atoms with Crippen molar-refractivity contribution in [3.05, 3.63) is 243 Å². The Morgan fingerprint density at radius 3 is 1.25 bits per heavy atom. The molecule has 9 aromatic carbocycles. The summed E-state index contributed by atoms with van der Waals surface area (Å²) in [4.78, 5) is 21.1. The molecule has 6 heteroatoms. The van der Waals surface area contributed by atoms with Crippen LogP contribution in [0.25, 0.3) is 123 Å². The first-order chi connectivity index (χ1) is 33.7. The minimum Gasteiger partial charge on any atom is -0.307 e. The molecule has 0 radical (unpaired) electrons. The van der Waals surface area contributed by atoms with E-state index in [0.29, 0.717) is 17.6 Å². The lowest BCUT2D eigenvalue weighted by molar-refractivity contribution is 0.953. The van der Waals surface area contributed by atoms with Crippen LogP contribution in [-0.2, 0) is 0 Å². The fourth-order valence-corrected chi connectivity index (χ4v) is 9.76. The van der Waals surface area contributed by atoms with E-state index in [4.69, 9.17) is 19.9 Å². The maximum atomic E-state index is 5.42. The Balaban J connectivity index is 1.03. The molecule has 0 aliphatic carbocycles. The van der Waals surface area contributed by atoms with Crippen molar-refractivity contribution in [2.24, 2.45) is 0 Å². The average Bonchev–Trinajstić information content (AvgIpc) is 3.95. The first kappa shape index (κ1) is 39.1. The van der Waals surface area contributed by atoms with Gasteiger partial charge in [0.2, 0.25) is 5.95 Å². The molecule has 0 fully saturated rings. The molecule has 0 unspecified atom stereocenters. The standard InChI is InChI=1S/C62H40N6/c1-5-18-41(19-6-1)47-26-17-27-49(38-47)67-56-30-15-13-28-50(56)52-36-37-53-51-29-14-16-31-57(51)68(59(53)58(52)67)62-65-60(45-24-11-4-12-25-45)64-61(66-62)46-34-32-42(33-35-46)48-39-54(43-20-7-2-8-21-43)63-55(40-48)44-22-9-3-10-23-44/h1-40H. The van der Waals surface area contributed by atoms with Gasteiger partial charge >= 0.3 is 0 Å². The van der Waals surface area contributed by atoms with Gasteiger partial charge in [-0.15, -0.1) is 0 Å². The first-order valence-electron chi connectivity index (χ1n) is 22.9. The molecule has 0 bridgehead atoms. The molecule has 0 N–H and O–H groups in total. The molecule has 6 nitrogen and oxygen atoms in total. The van der Waals surface area contributed by atoms with Gasteiger partial charge in [0.15, 0.2) is 11.6 Å². The molecule has 13 rings (SSSR count). The summed E-state index contributed by atoms with van der Waals surface area (Å²) in [6.45, 7) is 0. The monoisotopic (exact) mass is 868 g/mol. The third kappa shape index (κ3) is 6.74. The van der Waals surface area contributed by atoms with Crippen molar-refractivity contribution in [1.29, 1.82) is 0 Å². The van der Waals surface area contributed by atoms with Gasteiger partial charge in [-0.3, -0.25) is 4.57 Å². The molecular weight excluding hydrogens is 829 g/mol. The number of nitrogens with zero attached hydrogens (tertiary/aromatic N) is 6. The van der Waals surface area contributed by atoms with Crippen LogP contribution >= 0.6 is 0 Å². The number of fused-ring (bicyclic) bond motifs is 7. The molecule has 0 atom stereocenters. The SMILES string of the molecule is c1ccc(-c2cccc(-n3c4ccccc4c4ccc5c6ccccc6n(-c6nc(-c7ccccc7)nc(-c7ccc(-c8cc(-c9ccccc9)nc(-c9ccccc9)c8)cc7)n6)c5c43)c2)cc1. The predicted molar refractivity (Wildman–Crippen MR) is 279 cm³/mol. The lowest BCUT2D eigenvalue weighted by atomic mass is 9.99. The topological polar surface area (TPSA) is 61.4 Å². The molecule has 4 aromatic heterocycles. The Morgan fingerprint density at radius 1 is 0.250 bits per heavy atom. The van der Waals surface area contributed by atoms with Crippen molar-refractivity contribution in [3.8, 4) is 79.2 Å². The van der Waals surface area contributed by atoms with Gasteiger partial charge in [0.05, 0.1) is 33.5 Å². The van der Waals surface area contributed by atoms with Crippen LogP contribution < -0.4 is 0 Å². The summed E-state index contributed by atoms with van der Waals surface area (Å²) in [5.74, 6) is 1.72. The van der Waals surface area contributed by atoms with Gasteiger partial charge in [-0.05, 0) is 58.7 Å². The van der Waals surface area contributed by atoms with E-state index in [1.807, 2.05) is 30.3 Å². The van der Waals surface area contributed by atoms with Gasteiger partial charge in [0, 0.05) is 49.5 Å². The van der Waals surface area contributed by atoms with Gasteiger partial charge < -0.3 is 4.57 Å². The smallest absolute Gasteiger partial charge is 0.238 e. The van der Waals surface area contributed by atoms with E-state index in [1.54, 1.807) is 0 Å². The lowest BCUT2D eigenvalue weighted by Gasteiger charge is -2.14. The number of aromatic nitrogens is 6. The number of rotatable bonds is 8. The van der Waals surface area contributed by atoms with Gasteiger partial charge in [0.25, 0.3) is 0 Å². The van der Waals surface area contributed by atoms with Crippen LogP contribution in [0, 0.1) is 0 Å². The number of para-hydroxylation sites is 2. The second-order valence-corrected chi connectivity index (χ2v) is 17.1. The van der Waals surface area contributed by atoms with Crippen LogP contribution in [0.4, 0.5) is 0 Å². The molecule has 68 heavy (non-hydrogen) atoms. The van der Waals surface area contributed by atoms with E-state index in [9.17, 15) is 0 Å². The fraction of sp³-hybridized carbons (Fsp3) is 0. The molecule has 0 amide bonds. The van der Waals surface area contributed by atoms with Crippen LogP contribution in [0.3, 0.4) is 0 Å². The van der Waals surface area contributed by atoms with Crippen molar-refractivity contribution < 1.29 is 0 Å². The van der Waals surface area contributed by atoms with Gasteiger partial charge in [-0.1, -0.05) is 206 Å².